The first kappa shape index (κ1) is 13.4. The molecule has 0 bridgehead atoms. The van der Waals surface area contributed by atoms with E-state index in [0.29, 0.717) is 11.6 Å². The molecule has 0 saturated heterocycles. The Morgan fingerprint density at radius 3 is 2.80 bits per heavy atom. The minimum atomic E-state index is -0.296. The van der Waals surface area contributed by atoms with Crippen LogP contribution >= 0.6 is 11.6 Å². The third-order valence-electron chi connectivity index (χ3n) is 3.88. The Morgan fingerprint density at radius 1 is 1.10 bits per heavy atom. The zero-order chi connectivity index (χ0) is 13.9. The summed E-state index contributed by atoms with van der Waals surface area (Å²) in [6.07, 6.45) is 4.83. The summed E-state index contributed by atoms with van der Waals surface area (Å²) in [5, 5.41) is 3.92. The molecule has 0 unspecified atom stereocenters. The summed E-state index contributed by atoms with van der Waals surface area (Å²) in [7, 11) is 0. The van der Waals surface area contributed by atoms with Gasteiger partial charge in [0.15, 0.2) is 0 Å². The molecule has 0 aromatic heterocycles. The van der Waals surface area contributed by atoms with Gasteiger partial charge >= 0.3 is 0 Å². The van der Waals surface area contributed by atoms with Gasteiger partial charge in [-0.1, -0.05) is 29.8 Å². The van der Waals surface area contributed by atoms with Gasteiger partial charge in [-0.2, -0.15) is 0 Å². The summed E-state index contributed by atoms with van der Waals surface area (Å²) in [5.41, 5.74) is 4.98. The Bertz CT molecular complexity index is 624. The van der Waals surface area contributed by atoms with E-state index >= 15 is 0 Å². The van der Waals surface area contributed by atoms with Gasteiger partial charge in [0.1, 0.15) is 5.82 Å². The van der Waals surface area contributed by atoms with Crippen molar-refractivity contribution < 1.29 is 4.39 Å². The van der Waals surface area contributed by atoms with Gasteiger partial charge in [-0.15, -0.1) is 0 Å². The molecule has 0 amide bonds. The predicted octanol–water partition coefficient (Wildman–Crippen LogP) is 4.97. The topological polar surface area (TPSA) is 12.0 Å². The maximum absolute atomic E-state index is 13.0. The van der Waals surface area contributed by atoms with Crippen molar-refractivity contribution in [3.8, 4) is 0 Å². The van der Waals surface area contributed by atoms with E-state index in [9.17, 15) is 4.39 Å². The Hall–Kier alpha value is -1.54. The number of hydrogen-bond acceptors (Lipinski definition) is 1. The van der Waals surface area contributed by atoms with Crippen LogP contribution in [0, 0.1) is 5.82 Å². The summed E-state index contributed by atoms with van der Waals surface area (Å²) in [6, 6.07) is 11.0. The van der Waals surface area contributed by atoms with Crippen LogP contribution in [0.4, 0.5) is 10.1 Å². The van der Waals surface area contributed by atoms with Crippen LogP contribution in [0.25, 0.3) is 0 Å². The first-order valence-corrected chi connectivity index (χ1v) is 7.40. The summed E-state index contributed by atoms with van der Waals surface area (Å²) >= 11 is 6.06. The first-order valence-electron chi connectivity index (χ1n) is 7.02. The molecule has 1 nitrogen and oxygen atoms in total. The van der Waals surface area contributed by atoms with Crippen LogP contribution in [0.2, 0.25) is 5.02 Å². The maximum Gasteiger partial charge on any atom is 0.124 e. The molecule has 1 aliphatic rings. The average Bonchev–Trinajstić information content (AvgIpc) is 2.46. The molecular weight excluding hydrogens is 273 g/mol. The van der Waals surface area contributed by atoms with Crippen molar-refractivity contribution >= 4 is 17.3 Å². The van der Waals surface area contributed by atoms with Crippen LogP contribution < -0.4 is 5.32 Å². The number of anilines is 1. The molecule has 3 heteroatoms. The fourth-order valence-corrected chi connectivity index (χ4v) is 3.04. The molecule has 0 saturated carbocycles. The molecule has 20 heavy (non-hydrogen) atoms. The largest absolute Gasteiger partial charge is 0.381 e. The van der Waals surface area contributed by atoms with E-state index in [1.54, 1.807) is 6.07 Å². The first-order chi connectivity index (χ1) is 9.74. The molecule has 104 valence electrons. The van der Waals surface area contributed by atoms with E-state index < -0.39 is 0 Å². The summed E-state index contributed by atoms with van der Waals surface area (Å²) < 4.78 is 13.0. The highest BCUT2D eigenvalue weighted by molar-refractivity contribution is 6.31. The fourth-order valence-electron chi connectivity index (χ4n) is 2.80. The van der Waals surface area contributed by atoms with Crippen molar-refractivity contribution in [2.45, 2.75) is 32.2 Å². The van der Waals surface area contributed by atoms with Crippen molar-refractivity contribution in [3.05, 3.63) is 63.9 Å². The average molecular weight is 290 g/mol. The SMILES string of the molecule is Fc1ccc(CNc2cccc3c2CCCC3)c(Cl)c1. The predicted molar refractivity (Wildman–Crippen MR) is 81.8 cm³/mol. The van der Waals surface area contributed by atoms with Crippen molar-refractivity contribution in [2.75, 3.05) is 5.32 Å². The number of benzene rings is 2. The number of nitrogens with one attached hydrogen (secondary N) is 1. The van der Waals surface area contributed by atoms with Gasteiger partial charge in [-0.3, -0.25) is 0 Å². The fraction of sp³-hybridized carbons (Fsp3) is 0.294. The summed E-state index contributed by atoms with van der Waals surface area (Å²) in [4.78, 5) is 0. The molecule has 1 aliphatic carbocycles. The van der Waals surface area contributed by atoms with Crippen LogP contribution in [-0.2, 0) is 19.4 Å². The number of rotatable bonds is 3. The lowest BCUT2D eigenvalue weighted by Crippen LogP contribution is -2.08. The Kier molecular flexibility index (Phi) is 3.93. The van der Waals surface area contributed by atoms with Crippen LogP contribution in [0.15, 0.2) is 36.4 Å². The number of fused-ring (bicyclic) bond motifs is 1. The summed E-state index contributed by atoms with van der Waals surface area (Å²) in [5.74, 6) is -0.296. The minimum absolute atomic E-state index is 0.296. The van der Waals surface area contributed by atoms with Gasteiger partial charge in [-0.05, 0) is 60.6 Å². The highest BCUT2D eigenvalue weighted by Crippen LogP contribution is 2.28. The van der Waals surface area contributed by atoms with E-state index in [-0.39, 0.29) is 5.82 Å². The highest BCUT2D eigenvalue weighted by Gasteiger charge is 2.12. The molecule has 0 fully saturated rings. The molecule has 3 rings (SSSR count). The van der Waals surface area contributed by atoms with Crippen molar-refractivity contribution in [1.82, 2.24) is 0 Å². The molecule has 0 heterocycles. The third-order valence-corrected chi connectivity index (χ3v) is 4.23. The third kappa shape index (κ3) is 2.80. The van der Waals surface area contributed by atoms with E-state index in [4.69, 9.17) is 11.6 Å². The molecule has 0 radical (unpaired) electrons. The molecular formula is C17H17ClFN. The Balaban J connectivity index is 1.78. The summed E-state index contributed by atoms with van der Waals surface area (Å²) in [6.45, 7) is 0.621. The van der Waals surface area contributed by atoms with Crippen molar-refractivity contribution in [2.24, 2.45) is 0 Å². The minimum Gasteiger partial charge on any atom is -0.381 e. The second-order valence-corrected chi connectivity index (χ2v) is 5.65. The molecule has 2 aromatic carbocycles. The number of hydrogen-bond donors (Lipinski definition) is 1. The smallest absolute Gasteiger partial charge is 0.124 e. The van der Waals surface area contributed by atoms with E-state index in [0.717, 1.165) is 12.0 Å². The monoisotopic (exact) mass is 289 g/mol. The van der Waals surface area contributed by atoms with E-state index in [1.165, 1.54) is 48.2 Å². The quantitative estimate of drug-likeness (QED) is 0.841. The van der Waals surface area contributed by atoms with Crippen LogP contribution in [0.1, 0.15) is 29.5 Å². The van der Waals surface area contributed by atoms with Crippen LogP contribution in [-0.4, -0.2) is 0 Å². The van der Waals surface area contributed by atoms with Crippen molar-refractivity contribution in [3.63, 3.8) is 0 Å². The molecule has 0 spiro atoms. The van der Waals surface area contributed by atoms with Gasteiger partial charge in [-0.25, -0.2) is 4.39 Å². The Labute approximate surface area is 123 Å². The zero-order valence-electron chi connectivity index (χ0n) is 11.3. The molecule has 1 N–H and O–H groups in total. The second kappa shape index (κ2) is 5.84. The number of aryl methyl sites for hydroxylation is 1. The lowest BCUT2D eigenvalue weighted by atomic mass is 9.90. The molecule has 2 aromatic rings. The van der Waals surface area contributed by atoms with Crippen LogP contribution in [0.3, 0.4) is 0 Å². The van der Waals surface area contributed by atoms with Gasteiger partial charge in [0, 0.05) is 17.3 Å². The van der Waals surface area contributed by atoms with E-state index in [1.807, 2.05) is 0 Å². The standard InChI is InChI=1S/C17H17ClFN/c18-16-10-14(19)9-8-13(16)11-20-17-7-3-5-12-4-1-2-6-15(12)17/h3,5,7-10,20H,1-2,4,6,11H2. The molecule has 0 atom stereocenters. The van der Waals surface area contributed by atoms with Gasteiger partial charge < -0.3 is 5.32 Å². The lowest BCUT2D eigenvalue weighted by Gasteiger charge is -2.20. The maximum atomic E-state index is 13.0. The van der Waals surface area contributed by atoms with E-state index in [2.05, 4.69) is 23.5 Å². The van der Waals surface area contributed by atoms with Gasteiger partial charge in [0.05, 0.1) is 0 Å². The normalized spacial score (nSPS) is 13.9. The van der Waals surface area contributed by atoms with Gasteiger partial charge in [0.2, 0.25) is 0 Å². The molecule has 0 aliphatic heterocycles. The second-order valence-electron chi connectivity index (χ2n) is 5.24. The Morgan fingerprint density at radius 2 is 1.95 bits per heavy atom. The number of halogens is 2. The van der Waals surface area contributed by atoms with Crippen LogP contribution in [0.5, 0.6) is 0 Å². The van der Waals surface area contributed by atoms with Gasteiger partial charge in [0.25, 0.3) is 0 Å². The zero-order valence-corrected chi connectivity index (χ0v) is 12.0. The van der Waals surface area contributed by atoms with Crippen molar-refractivity contribution in [1.29, 1.82) is 0 Å². The highest BCUT2D eigenvalue weighted by atomic mass is 35.5. The lowest BCUT2D eigenvalue weighted by molar-refractivity contribution is 0.627.